The molecule has 10 nitrogen and oxygen atoms in total. The molecule has 1 fully saturated rings. The summed E-state index contributed by atoms with van der Waals surface area (Å²) in [4.78, 5) is 57.7. The van der Waals surface area contributed by atoms with E-state index < -0.39 is 23.8 Å². The van der Waals surface area contributed by atoms with Gasteiger partial charge in [-0.05, 0) is 50.8 Å². The van der Waals surface area contributed by atoms with Crippen molar-refractivity contribution in [1.82, 2.24) is 19.8 Å². The number of amides is 4. The summed E-state index contributed by atoms with van der Waals surface area (Å²) >= 11 is 0. The molecule has 1 aromatic carbocycles. The molecule has 10 heteroatoms. The number of pyridine rings is 1. The van der Waals surface area contributed by atoms with Gasteiger partial charge in [-0.25, -0.2) is 20.3 Å². The lowest BCUT2D eigenvalue weighted by molar-refractivity contribution is -0.112. The number of rotatable bonds is 6. The summed E-state index contributed by atoms with van der Waals surface area (Å²) in [5, 5.41) is 0.845. The van der Waals surface area contributed by atoms with Crippen molar-refractivity contribution < 1.29 is 23.9 Å². The number of carbonyl (C=O) groups excluding carboxylic acids is 4. The Morgan fingerprint density at radius 1 is 1.15 bits per heavy atom. The largest absolute Gasteiger partial charge is 0.443 e. The fourth-order valence-corrected chi connectivity index (χ4v) is 5.08. The Morgan fingerprint density at radius 2 is 1.82 bits per heavy atom. The van der Waals surface area contributed by atoms with Crippen molar-refractivity contribution in [2.75, 3.05) is 7.05 Å². The number of aldehydes is 1. The minimum atomic E-state index is -0.972. The molecule has 0 unspecified atom stereocenters. The van der Waals surface area contributed by atoms with Gasteiger partial charge >= 0.3 is 12.1 Å². The number of urea groups is 1. The molecular formula is C29H37N5O5. The summed E-state index contributed by atoms with van der Waals surface area (Å²) in [5.74, 6) is 6.11. The van der Waals surface area contributed by atoms with E-state index in [9.17, 15) is 19.2 Å². The fourth-order valence-electron chi connectivity index (χ4n) is 5.08. The standard InChI is InChI=1S/C29H37N5O5/c1-29(2,3)39-28(38)33(23-8-6-5-7-9-23)27(37)34(30)24(18-35)14-19-10-12-20(13-11-19)21-15-22-17-32(4)26(36)25(22)31-16-21/h10-13,15-16,18,23-24H,5-9,14,17,30H2,1-4H3/t24-/m0/s1. The van der Waals surface area contributed by atoms with Gasteiger partial charge in [0.05, 0.1) is 0 Å². The molecule has 0 bridgehead atoms. The molecule has 1 aliphatic carbocycles. The van der Waals surface area contributed by atoms with Crippen LogP contribution in [0.5, 0.6) is 0 Å². The zero-order chi connectivity index (χ0) is 28.3. The maximum absolute atomic E-state index is 13.5. The van der Waals surface area contributed by atoms with E-state index in [2.05, 4.69) is 4.98 Å². The lowest BCUT2D eigenvalue weighted by Gasteiger charge is -2.37. The highest BCUT2D eigenvalue weighted by Gasteiger charge is 2.38. The molecule has 208 valence electrons. The van der Waals surface area contributed by atoms with Crippen molar-refractivity contribution >= 4 is 24.3 Å². The van der Waals surface area contributed by atoms with Gasteiger partial charge in [0.2, 0.25) is 0 Å². The van der Waals surface area contributed by atoms with Crippen molar-refractivity contribution in [3.05, 3.63) is 53.3 Å². The molecule has 4 rings (SSSR count). The third-order valence-corrected chi connectivity index (χ3v) is 7.13. The van der Waals surface area contributed by atoms with Crippen molar-refractivity contribution in [3.8, 4) is 11.1 Å². The maximum Gasteiger partial charge on any atom is 0.418 e. The second kappa shape index (κ2) is 11.5. The Kier molecular flexibility index (Phi) is 8.34. The average Bonchev–Trinajstić information content (AvgIpc) is 3.19. The van der Waals surface area contributed by atoms with Crippen LogP contribution in [0.15, 0.2) is 36.5 Å². The van der Waals surface area contributed by atoms with Gasteiger partial charge < -0.3 is 14.4 Å². The van der Waals surface area contributed by atoms with Crippen LogP contribution < -0.4 is 5.84 Å². The summed E-state index contributed by atoms with van der Waals surface area (Å²) in [6.07, 6.45) is 5.93. The molecule has 0 saturated heterocycles. The smallest absolute Gasteiger partial charge is 0.418 e. The first-order valence-corrected chi connectivity index (χ1v) is 13.4. The number of hydrogen-bond acceptors (Lipinski definition) is 7. The Balaban J connectivity index is 1.48. The topological polar surface area (TPSA) is 126 Å². The SMILES string of the molecule is CN1Cc2cc(-c3ccc(C[C@@H](C=O)N(N)C(=O)N(C(=O)OC(C)(C)C)C4CCCCC4)cc3)cnc2C1=O. The molecule has 2 aliphatic rings. The van der Waals surface area contributed by atoms with Crippen LogP contribution in [0.25, 0.3) is 11.1 Å². The number of aromatic nitrogens is 1. The summed E-state index contributed by atoms with van der Waals surface area (Å²) in [6.45, 7) is 5.74. The van der Waals surface area contributed by atoms with Gasteiger partial charge in [-0.2, -0.15) is 0 Å². The average molecular weight is 536 g/mol. The molecular weight excluding hydrogens is 498 g/mol. The summed E-state index contributed by atoms with van der Waals surface area (Å²) in [7, 11) is 1.75. The molecule has 1 saturated carbocycles. The molecule has 0 spiro atoms. The van der Waals surface area contributed by atoms with Gasteiger partial charge in [0, 0.05) is 43.4 Å². The van der Waals surface area contributed by atoms with E-state index in [-0.39, 0.29) is 18.4 Å². The number of hydrogen-bond donors (Lipinski definition) is 1. The molecule has 1 atom stereocenters. The Hall–Kier alpha value is -3.79. The number of benzene rings is 1. The van der Waals surface area contributed by atoms with Gasteiger partial charge in [-0.1, -0.05) is 43.5 Å². The lowest BCUT2D eigenvalue weighted by Crippen LogP contribution is -2.58. The van der Waals surface area contributed by atoms with Gasteiger partial charge in [-0.15, -0.1) is 0 Å². The summed E-state index contributed by atoms with van der Waals surface area (Å²) in [5.41, 5.74) is 3.17. The van der Waals surface area contributed by atoms with E-state index in [0.29, 0.717) is 31.4 Å². The van der Waals surface area contributed by atoms with Crippen molar-refractivity contribution in [3.63, 3.8) is 0 Å². The first-order valence-electron chi connectivity index (χ1n) is 13.4. The summed E-state index contributed by atoms with van der Waals surface area (Å²) in [6, 6.07) is 7.45. The molecule has 2 N–H and O–H groups in total. The van der Waals surface area contributed by atoms with E-state index in [1.54, 1.807) is 38.9 Å². The molecule has 1 aromatic heterocycles. The molecule has 1 aliphatic heterocycles. The number of nitrogens with two attached hydrogens (primary N) is 1. The molecule has 0 radical (unpaired) electrons. The highest BCUT2D eigenvalue weighted by Crippen LogP contribution is 2.28. The molecule has 4 amide bonds. The number of carbonyl (C=O) groups is 4. The van der Waals surface area contributed by atoms with E-state index in [0.717, 1.165) is 51.4 Å². The van der Waals surface area contributed by atoms with Gasteiger partial charge in [0.15, 0.2) is 0 Å². The normalized spacial score (nSPS) is 16.4. The van der Waals surface area contributed by atoms with Crippen molar-refractivity contribution in [2.45, 2.75) is 83.5 Å². The van der Waals surface area contributed by atoms with E-state index in [1.807, 2.05) is 30.3 Å². The first kappa shape index (κ1) is 28.2. The second-order valence-electron chi connectivity index (χ2n) is 11.3. The number of fused-ring (bicyclic) bond motifs is 1. The van der Waals surface area contributed by atoms with Crippen LogP contribution in [0, 0.1) is 0 Å². The van der Waals surface area contributed by atoms with E-state index in [1.165, 1.54) is 0 Å². The number of hydrazine groups is 1. The van der Waals surface area contributed by atoms with Crippen LogP contribution in [0.4, 0.5) is 9.59 Å². The number of nitrogens with zero attached hydrogens (tertiary/aromatic N) is 4. The Labute approximate surface area is 229 Å². The highest BCUT2D eigenvalue weighted by atomic mass is 16.6. The second-order valence-corrected chi connectivity index (χ2v) is 11.3. The van der Waals surface area contributed by atoms with E-state index >= 15 is 0 Å². The van der Waals surface area contributed by atoms with Crippen LogP contribution >= 0.6 is 0 Å². The Morgan fingerprint density at radius 3 is 2.44 bits per heavy atom. The minimum Gasteiger partial charge on any atom is -0.443 e. The predicted molar refractivity (Wildman–Crippen MR) is 145 cm³/mol. The molecule has 39 heavy (non-hydrogen) atoms. The fraction of sp³-hybridized carbons (Fsp3) is 0.483. The predicted octanol–water partition coefficient (Wildman–Crippen LogP) is 4.31. The van der Waals surface area contributed by atoms with Gasteiger partial charge in [-0.3, -0.25) is 14.8 Å². The van der Waals surface area contributed by atoms with Crippen LogP contribution in [-0.2, 0) is 22.5 Å². The maximum atomic E-state index is 13.5. The van der Waals surface area contributed by atoms with Crippen LogP contribution in [0.1, 0.15) is 74.5 Å². The van der Waals surface area contributed by atoms with Crippen LogP contribution in [0.2, 0.25) is 0 Å². The Bertz CT molecular complexity index is 1230. The van der Waals surface area contributed by atoms with Crippen molar-refractivity contribution in [2.24, 2.45) is 5.84 Å². The third kappa shape index (κ3) is 6.44. The monoisotopic (exact) mass is 535 g/mol. The van der Waals surface area contributed by atoms with E-state index in [4.69, 9.17) is 10.6 Å². The number of ether oxygens (including phenoxy) is 1. The quantitative estimate of drug-likeness (QED) is 0.253. The van der Waals surface area contributed by atoms with Crippen LogP contribution in [-0.4, -0.2) is 68.8 Å². The van der Waals surface area contributed by atoms with Crippen LogP contribution in [0.3, 0.4) is 0 Å². The lowest BCUT2D eigenvalue weighted by atomic mass is 9.94. The number of imide groups is 1. The molecule has 2 aromatic rings. The van der Waals surface area contributed by atoms with Gasteiger partial charge in [0.25, 0.3) is 5.91 Å². The van der Waals surface area contributed by atoms with Crippen molar-refractivity contribution in [1.29, 1.82) is 0 Å². The first-order chi connectivity index (χ1) is 18.5. The third-order valence-electron chi connectivity index (χ3n) is 7.13. The zero-order valence-corrected chi connectivity index (χ0v) is 23.1. The summed E-state index contributed by atoms with van der Waals surface area (Å²) < 4.78 is 5.52. The zero-order valence-electron chi connectivity index (χ0n) is 23.1. The van der Waals surface area contributed by atoms with Gasteiger partial charge in [0.1, 0.15) is 23.6 Å². The highest BCUT2D eigenvalue weighted by molar-refractivity contribution is 5.96. The minimum absolute atomic E-state index is 0.0820. The molecule has 2 heterocycles.